The second-order valence-electron chi connectivity index (χ2n) is 8.57. The lowest BCUT2D eigenvalue weighted by Crippen LogP contribution is -2.51. The van der Waals surface area contributed by atoms with Gasteiger partial charge in [0.05, 0.1) is 18.5 Å². The first-order valence-electron chi connectivity index (χ1n) is 10.9. The Bertz CT molecular complexity index is 980. The molecule has 5 nitrogen and oxygen atoms in total. The molecule has 5 heteroatoms. The zero-order valence-electron chi connectivity index (χ0n) is 17.3. The largest absolute Gasteiger partial charge is 0.478 e. The summed E-state index contributed by atoms with van der Waals surface area (Å²) in [4.78, 5) is 10.5. The fraction of sp³-hybridized carbons (Fsp3) is 0.458. The molecule has 1 aliphatic carbocycles. The lowest BCUT2D eigenvalue weighted by atomic mass is 9.74. The molecule has 3 heterocycles. The number of unbranched alkanes of at least 4 members (excludes halogenated alkanes) is 1. The Balaban J connectivity index is 1.32. The molecule has 152 valence electrons. The SMILES string of the molecule is CCCCOc1ccc(N[C@@H]2C[C@@H]3c4cccc5[nH]cc(c45)C[C@H]3N(C)C2)cn1. The summed E-state index contributed by atoms with van der Waals surface area (Å²) in [6.07, 6.45) is 8.59. The average molecular weight is 391 g/mol. The summed E-state index contributed by atoms with van der Waals surface area (Å²) in [6, 6.07) is 11.8. The third-order valence-electron chi connectivity index (χ3n) is 6.58. The number of likely N-dealkylation sites (tertiary alicyclic amines) is 1. The second-order valence-corrected chi connectivity index (χ2v) is 8.57. The number of aromatic nitrogens is 2. The summed E-state index contributed by atoms with van der Waals surface area (Å²) < 4.78 is 5.69. The zero-order chi connectivity index (χ0) is 19.8. The number of pyridine rings is 1. The van der Waals surface area contributed by atoms with Gasteiger partial charge in [0.15, 0.2) is 0 Å². The van der Waals surface area contributed by atoms with Crippen molar-refractivity contribution in [1.29, 1.82) is 0 Å². The first-order valence-corrected chi connectivity index (χ1v) is 10.9. The minimum absolute atomic E-state index is 0.408. The number of hydrogen-bond donors (Lipinski definition) is 2. The van der Waals surface area contributed by atoms with E-state index >= 15 is 0 Å². The van der Waals surface area contributed by atoms with E-state index < -0.39 is 0 Å². The van der Waals surface area contributed by atoms with Gasteiger partial charge in [-0.15, -0.1) is 0 Å². The molecule has 0 unspecified atom stereocenters. The molecular weight excluding hydrogens is 360 g/mol. The van der Waals surface area contributed by atoms with Crippen molar-refractivity contribution in [3.8, 4) is 5.88 Å². The van der Waals surface area contributed by atoms with Crippen LogP contribution in [0.4, 0.5) is 5.69 Å². The van der Waals surface area contributed by atoms with Crippen molar-refractivity contribution in [2.24, 2.45) is 0 Å². The highest BCUT2D eigenvalue weighted by atomic mass is 16.5. The number of nitrogens with one attached hydrogen (secondary N) is 2. The molecule has 5 rings (SSSR count). The van der Waals surface area contributed by atoms with Crippen LogP contribution in [0.5, 0.6) is 5.88 Å². The fourth-order valence-corrected chi connectivity index (χ4v) is 5.15. The van der Waals surface area contributed by atoms with Crippen LogP contribution in [0.2, 0.25) is 0 Å². The van der Waals surface area contributed by atoms with Gasteiger partial charge in [-0.05, 0) is 49.6 Å². The Kier molecular flexibility index (Phi) is 4.92. The summed E-state index contributed by atoms with van der Waals surface area (Å²) in [6.45, 7) is 3.95. The van der Waals surface area contributed by atoms with Crippen LogP contribution >= 0.6 is 0 Å². The Morgan fingerprint density at radius 3 is 3.03 bits per heavy atom. The van der Waals surface area contributed by atoms with Gasteiger partial charge in [-0.25, -0.2) is 4.98 Å². The molecule has 2 N–H and O–H groups in total. The Hall–Kier alpha value is -2.53. The molecule has 1 aliphatic heterocycles. The predicted octanol–water partition coefficient (Wildman–Crippen LogP) is 4.57. The normalized spacial score (nSPS) is 23.7. The number of nitrogens with zero attached hydrogens (tertiary/aromatic N) is 2. The van der Waals surface area contributed by atoms with Gasteiger partial charge >= 0.3 is 0 Å². The van der Waals surface area contributed by atoms with Crippen LogP contribution in [-0.4, -0.2) is 47.2 Å². The molecule has 3 aromatic rings. The first kappa shape index (κ1) is 18.5. The Morgan fingerprint density at radius 1 is 1.28 bits per heavy atom. The highest BCUT2D eigenvalue weighted by Crippen LogP contribution is 2.43. The van der Waals surface area contributed by atoms with E-state index in [0.717, 1.165) is 44.5 Å². The van der Waals surface area contributed by atoms with E-state index in [-0.39, 0.29) is 0 Å². The summed E-state index contributed by atoms with van der Waals surface area (Å²) in [5.41, 5.74) is 5.32. The van der Waals surface area contributed by atoms with Gasteiger partial charge < -0.3 is 19.9 Å². The fourth-order valence-electron chi connectivity index (χ4n) is 5.15. The zero-order valence-corrected chi connectivity index (χ0v) is 17.3. The smallest absolute Gasteiger partial charge is 0.213 e. The number of hydrogen-bond acceptors (Lipinski definition) is 4. The molecule has 0 bridgehead atoms. The van der Waals surface area contributed by atoms with Crippen LogP contribution in [0.1, 0.15) is 43.2 Å². The predicted molar refractivity (Wildman–Crippen MR) is 118 cm³/mol. The van der Waals surface area contributed by atoms with Crippen LogP contribution < -0.4 is 10.1 Å². The number of H-pyrrole nitrogens is 1. The number of benzene rings is 1. The van der Waals surface area contributed by atoms with Crippen molar-refractivity contribution in [2.75, 3.05) is 25.5 Å². The standard InChI is InChI=1S/C24H30N4O/c1-3-4-10-29-23-9-8-17(14-26-23)27-18-12-20-19-6-5-7-21-24(19)16(13-25-21)11-22(20)28(2)15-18/h5-9,13-14,18,20,22,25,27H,3-4,10-12,15H2,1-2H3/t18-,20-,22-/m1/s1. The lowest BCUT2D eigenvalue weighted by Gasteiger charge is -2.45. The third-order valence-corrected chi connectivity index (χ3v) is 6.58. The lowest BCUT2D eigenvalue weighted by molar-refractivity contribution is 0.147. The minimum Gasteiger partial charge on any atom is -0.478 e. The molecule has 1 aromatic carbocycles. The molecule has 29 heavy (non-hydrogen) atoms. The van der Waals surface area contributed by atoms with Gasteiger partial charge in [0.2, 0.25) is 5.88 Å². The van der Waals surface area contributed by atoms with Crippen molar-refractivity contribution < 1.29 is 4.74 Å². The van der Waals surface area contributed by atoms with E-state index in [4.69, 9.17) is 4.74 Å². The van der Waals surface area contributed by atoms with Crippen LogP contribution in [0.25, 0.3) is 10.9 Å². The van der Waals surface area contributed by atoms with Gasteiger partial charge in [-0.1, -0.05) is 25.5 Å². The molecule has 1 saturated heterocycles. The Morgan fingerprint density at radius 2 is 2.21 bits per heavy atom. The molecule has 0 amide bonds. The molecule has 2 aromatic heterocycles. The number of likely N-dealkylation sites (N-methyl/N-ethyl adjacent to an activating group) is 1. The molecule has 1 fully saturated rings. The van der Waals surface area contributed by atoms with Crippen LogP contribution in [0.15, 0.2) is 42.7 Å². The van der Waals surface area contributed by atoms with E-state index in [1.54, 1.807) is 0 Å². The summed E-state index contributed by atoms with van der Waals surface area (Å²) in [5.74, 6) is 1.27. The molecule has 3 atom stereocenters. The van der Waals surface area contributed by atoms with E-state index in [0.29, 0.717) is 23.9 Å². The van der Waals surface area contributed by atoms with Crippen LogP contribution in [-0.2, 0) is 6.42 Å². The average Bonchev–Trinajstić information content (AvgIpc) is 3.15. The number of ether oxygens (including phenoxy) is 1. The monoisotopic (exact) mass is 390 g/mol. The van der Waals surface area contributed by atoms with Crippen LogP contribution in [0.3, 0.4) is 0 Å². The number of piperidine rings is 1. The van der Waals surface area contributed by atoms with Crippen molar-refractivity contribution >= 4 is 16.6 Å². The van der Waals surface area contributed by atoms with Crippen molar-refractivity contribution in [3.05, 3.63) is 53.9 Å². The molecule has 0 radical (unpaired) electrons. The molecule has 0 spiro atoms. The van der Waals surface area contributed by atoms with Gasteiger partial charge in [0.1, 0.15) is 0 Å². The minimum atomic E-state index is 0.408. The van der Waals surface area contributed by atoms with Gasteiger partial charge in [0.25, 0.3) is 0 Å². The summed E-state index contributed by atoms with van der Waals surface area (Å²) >= 11 is 0. The number of rotatable bonds is 6. The van der Waals surface area contributed by atoms with Crippen molar-refractivity contribution in [3.63, 3.8) is 0 Å². The highest BCUT2D eigenvalue weighted by Gasteiger charge is 2.39. The number of aromatic amines is 1. The van der Waals surface area contributed by atoms with Gasteiger partial charge in [0, 0.05) is 47.7 Å². The summed E-state index contributed by atoms with van der Waals surface area (Å²) in [5, 5.41) is 5.18. The van der Waals surface area contributed by atoms with Crippen molar-refractivity contribution in [2.45, 2.75) is 50.6 Å². The maximum absolute atomic E-state index is 5.69. The Labute approximate surface area is 172 Å². The maximum atomic E-state index is 5.69. The van der Waals surface area contributed by atoms with E-state index in [2.05, 4.69) is 64.6 Å². The van der Waals surface area contributed by atoms with Gasteiger partial charge in [-0.2, -0.15) is 0 Å². The van der Waals surface area contributed by atoms with Crippen LogP contribution in [0, 0.1) is 0 Å². The summed E-state index contributed by atoms with van der Waals surface area (Å²) in [7, 11) is 2.27. The number of anilines is 1. The first-order chi connectivity index (χ1) is 14.2. The molecular formula is C24H30N4O. The number of fused-ring (bicyclic) bond motifs is 2. The topological polar surface area (TPSA) is 53.2 Å². The van der Waals surface area contributed by atoms with Crippen molar-refractivity contribution in [1.82, 2.24) is 14.9 Å². The maximum Gasteiger partial charge on any atom is 0.213 e. The molecule has 2 aliphatic rings. The third kappa shape index (κ3) is 3.48. The highest BCUT2D eigenvalue weighted by molar-refractivity contribution is 5.88. The van der Waals surface area contributed by atoms with Gasteiger partial charge in [-0.3, -0.25) is 0 Å². The van der Waals surface area contributed by atoms with E-state index in [1.807, 2.05) is 12.3 Å². The van der Waals surface area contributed by atoms with E-state index in [9.17, 15) is 0 Å². The quantitative estimate of drug-likeness (QED) is 0.606. The second kappa shape index (κ2) is 7.71. The van der Waals surface area contributed by atoms with E-state index in [1.165, 1.54) is 22.0 Å². The molecule has 0 saturated carbocycles.